The van der Waals surface area contributed by atoms with Crippen molar-refractivity contribution < 1.29 is 29.9 Å². The van der Waals surface area contributed by atoms with Gasteiger partial charge in [0.15, 0.2) is 18.2 Å². The van der Waals surface area contributed by atoms with E-state index in [9.17, 15) is 20.4 Å². The molecule has 2 rings (SSSR count). The summed E-state index contributed by atoms with van der Waals surface area (Å²) in [4.78, 5) is 7.60. The third kappa shape index (κ3) is 4.98. The number of nitrogens with zero attached hydrogens (tertiary/aromatic N) is 2. The molecule has 14 heteroatoms. The Morgan fingerprint density at radius 2 is 1.54 bits per heavy atom. The fraction of sp³-hybridized carbons (Fsp3) is 0.857. The SMILES string of the molecule is NC(N)=NC[C@H]1O[C@H](O[C@H]2[C@H](O)[C@@H](O)[C@H](N)C[C@@H]2N)[C@H](N=C(N)N)[C@@H](O)[C@@H]1O. The lowest BCUT2D eigenvalue weighted by Crippen LogP contribution is -2.65. The average molecular weight is 406 g/mol. The number of rotatable bonds is 5. The number of guanidine groups is 2. The van der Waals surface area contributed by atoms with Gasteiger partial charge in [-0.3, -0.25) is 4.99 Å². The van der Waals surface area contributed by atoms with E-state index in [0.29, 0.717) is 0 Å². The van der Waals surface area contributed by atoms with Crippen LogP contribution in [-0.2, 0) is 9.47 Å². The third-order valence-electron chi connectivity index (χ3n) is 4.80. The number of hydrogen-bond acceptors (Lipinski definition) is 10. The van der Waals surface area contributed by atoms with E-state index in [-0.39, 0.29) is 24.9 Å². The largest absolute Gasteiger partial charge is 0.389 e. The number of nitrogens with two attached hydrogens (primary N) is 6. The molecule has 1 saturated carbocycles. The van der Waals surface area contributed by atoms with Gasteiger partial charge in [0.2, 0.25) is 0 Å². The quantitative estimate of drug-likeness (QED) is 0.151. The Balaban J connectivity index is 2.25. The molecule has 0 radical (unpaired) electrons. The molecular formula is C14H30N8O6. The molecule has 1 aliphatic heterocycles. The molecule has 0 amide bonds. The van der Waals surface area contributed by atoms with Crippen molar-refractivity contribution in [1.82, 2.24) is 0 Å². The van der Waals surface area contributed by atoms with E-state index in [1.165, 1.54) is 0 Å². The summed E-state index contributed by atoms with van der Waals surface area (Å²) in [5, 5.41) is 41.0. The van der Waals surface area contributed by atoms with Crippen molar-refractivity contribution >= 4 is 11.9 Å². The molecule has 0 spiro atoms. The van der Waals surface area contributed by atoms with E-state index in [1.807, 2.05) is 0 Å². The van der Waals surface area contributed by atoms with Crippen LogP contribution in [-0.4, -0.2) is 99.9 Å². The maximum atomic E-state index is 10.4. The van der Waals surface area contributed by atoms with Crippen LogP contribution in [0, 0.1) is 0 Å². The van der Waals surface area contributed by atoms with Crippen molar-refractivity contribution in [3.05, 3.63) is 0 Å². The van der Waals surface area contributed by atoms with E-state index in [2.05, 4.69) is 9.98 Å². The minimum atomic E-state index is -1.50. The zero-order valence-electron chi connectivity index (χ0n) is 15.2. The first-order valence-electron chi connectivity index (χ1n) is 8.71. The number of hydrogen-bond donors (Lipinski definition) is 10. The highest BCUT2D eigenvalue weighted by atomic mass is 16.7. The Morgan fingerprint density at radius 3 is 2.11 bits per heavy atom. The molecule has 162 valence electrons. The van der Waals surface area contributed by atoms with E-state index in [0.717, 1.165) is 0 Å². The van der Waals surface area contributed by atoms with Gasteiger partial charge in [0, 0.05) is 12.1 Å². The van der Waals surface area contributed by atoms with Gasteiger partial charge in [0.1, 0.15) is 36.6 Å². The van der Waals surface area contributed by atoms with Crippen molar-refractivity contribution in [3.8, 4) is 0 Å². The van der Waals surface area contributed by atoms with Gasteiger partial charge in [-0.15, -0.1) is 0 Å². The number of ether oxygens (including phenoxy) is 2. The van der Waals surface area contributed by atoms with Crippen molar-refractivity contribution in [2.24, 2.45) is 44.4 Å². The number of aliphatic hydroxyl groups excluding tert-OH is 4. The van der Waals surface area contributed by atoms with Gasteiger partial charge in [0.05, 0.1) is 12.6 Å². The van der Waals surface area contributed by atoms with Crippen LogP contribution in [0.3, 0.4) is 0 Å². The predicted molar refractivity (Wildman–Crippen MR) is 98.4 cm³/mol. The molecule has 16 N–H and O–H groups in total. The second-order valence-corrected chi connectivity index (χ2v) is 6.98. The lowest BCUT2D eigenvalue weighted by Gasteiger charge is -2.45. The van der Waals surface area contributed by atoms with Gasteiger partial charge in [-0.25, -0.2) is 4.99 Å². The molecule has 14 nitrogen and oxygen atoms in total. The molecule has 1 aliphatic carbocycles. The van der Waals surface area contributed by atoms with Crippen LogP contribution in [0.1, 0.15) is 6.42 Å². The van der Waals surface area contributed by atoms with Crippen LogP contribution in [0.2, 0.25) is 0 Å². The van der Waals surface area contributed by atoms with Crippen LogP contribution in [0.4, 0.5) is 0 Å². The fourth-order valence-electron chi connectivity index (χ4n) is 3.31. The van der Waals surface area contributed by atoms with E-state index >= 15 is 0 Å². The summed E-state index contributed by atoms with van der Waals surface area (Å²) < 4.78 is 11.4. The molecule has 0 unspecified atom stereocenters. The van der Waals surface area contributed by atoms with Gasteiger partial charge >= 0.3 is 0 Å². The smallest absolute Gasteiger partial charge is 0.186 e. The standard InChI is InChI=1S/C14H30N8O6/c15-3-1-4(16)11(10(26)7(3)23)28-12-6(22-14(19)20)9(25)8(24)5(27-12)2-21-13(17)18/h3-12,23-26H,1-2,15-16H2,(H4,17,18,21)(H4,19,20,22)/t3-,4+,5-,6-,7+,8-,9-,10-,11-,12-/m1/s1. The third-order valence-corrected chi connectivity index (χ3v) is 4.80. The fourth-order valence-corrected chi connectivity index (χ4v) is 3.31. The first-order chi connectivity index (χ1) is 13.0. The molecule has 1 saturated heterocycles. The molecule has 0 aromatic heterocycles. The molecule has 0 aromatic carbocycles. The van der Waals surface area contributed by atoms with Crippen LogP contribution >= 0.6 is 0 Å². The van der Waals surface area contributed by atoms with Crippen LogP contribution in [0.15, 0.2) is 9.98 Å². The summed E-state index contributed by atoms with van der Waals surface area (Å²) in [6, 6.07) is -2.70. The summed E-state index contributed by atoms with van der Waals surface area (Å²) in [7, 11) is 0. The molecule has 10 atom stereocenters. The zero-order valence-corrected chi connectivity index (χ0v) is 15.2. The second-order valence-electron chi connectivity index (χ2n) is 6.98. The van der Waals surface area contributed by atoms with Crippen LogP contribution < -0.4 is 34.4 Å². The minimum absolute atomic E-state index is 0.172. The van der Waals surface area contributed by atoms with E-state index in [4.69, 9.17) is 43.9 Å². The first-order valence-corrected chi connectivity index (χ1v) is 8.71. The maximum Gasteiger partial charge on any atom is 0.186 e. The summed E-state index contributed by atoms with van der Waals surface area (Å²) in [5.74, 6) is -0.623. The monoisotopic (exact) mass is 406 g/mol. The van der Waals surface area contributed by atoms with Crippen LogP contribution in [0.25, 0.3) is 0 Å². The highest BCUT2D eigenvalue weighted by Crippen LogP contribution is 2.29. The normalized spacial score (nSPS) is 43.9. The highest BCUT2D eigenvalue weighted by Gasteiger charge is 2.49. The Hall–Kier alpha value is -1.78. The lowest BCUT2D eigenvalue weighted by molar-refractivity contribution is -0.287. The number of aliphatic hydroxyl groups is 4. The predicted octanol–water partition coefficient (Wildman–Crippen LogP) is -6.49. The molecule has 2 aliphatic rings. The summed E-state index contributed by atoms with van der Waals surface area (Å²) in [5.41, 5.74) is 33.1. The zero-order chi connectivity index (χ0) is 21.2. The van der Waals surface area contributed by atoms with Gasteiger partial charge in [-0.2, -0.15) is 0 Å². The highest BCUT2D eigenvalue weighted by molar-refractivity contribution is 5.76. The Kier molecular flexibility index (Phi) is 7.35. The molecular weight excluding hydrogens is 376 g/mol. The van der Waals surface area contributed by atoms with Crippen molar-refractivity contribution in [1.29, 1.82) is 0 Å². The van der Waals surface area contributed by atoms with E-state index in [1.54, 1.807) is 0 Å². The summed E-state index contributed by atoms with van der Waals surface area (Å²) in [6.45, 7) is -0.179. The Bertz CT molecular complexity index is 584. The first kappa shape index (κ1) is 22.5. The van der Waals surface area contributed by atoms with Gasteiger partial charge in [-0.05, 0) is 6.42 Å². The van der Waals surface area contributed by atoms with E-state index < -0.39 is 61.0 Å². The lowest BCUT2D eigenvalue weighted by atomic mass is 9.84. The molecule has 2 fully saturated rings. The second kappa shape index (κ2) is 9.15. The topological polar surface area (TPSA) is 280 Å². The molecule has 1 heterocycles. The van der Waals surface area contributed by atoms with Crippen molar-refractivity contribution in [2.75, 3.05) is 6.54 Å². The molecule has 0 bridgehead atoms. The summed E-state index contributed by atoms with van der Waals surface area (Å²) >= 11 is 0. The van der Waals surface area contributed by atoms with Crippen molar-refractivity contribution in [2.45, 2.75) is 67.5 Å². The van der Waals surface area contributed by atoms with Crippen LogP contribution in [0.5, 0.6) is 0 Å². The Morgan fingerprint density at radius 1 is 0.893 bits per heavy atom. The maximum absolute atomic E-state index is 10.4. The molecule has 0 aromatic rings. The average Bonchev–Trinajstić information content (AvgIpc) is 2.61. The summed E-state index contributed by atoms with van der Waals surface area (Å²) in [6.07, 6.45) is -8.92. The molecule has 28 heavy (non-hydrogen) atoms. The minimum Gasteiger partial charge on any atom is -0.389 e. The van der Waals surface area contributed by atoms with Gasteiger partial charge in [0.25, 0.3) is 0 Å². The van der Waals surface area contributed by atoms with Gasteiger partial charge in [-0.1, -0.05) is 0 Å². The van der Waals surface area contributed by atoms with Crippen molar-refractivity contribution in [3.63, 3.8) is 0 Å². The Labute approximate surface area is 161 Å². The number of aliphatic imine (C=N–C) groups is 2. The van der Waals surface area contributed by atoms with Gasteiger partial charge < -0.3 is 64.3 Å².